The van der Waals surface area contributed by atoms with Gasteiger partial charge in [0.1, 0.15) is 6.61 Å². The molecule has 92 valence electrons. The first-order valence-electron chi connectivity index (χ1n) is 6.49. The van der Waals surface area contributed by atoms with Gasteiger partial charge in [-0.2, -0.15) is 0 Å². The van der Waals surface area contributed by atoms with Crippen LogP contribution in [-0.4, -0.2) is 5.97 Å². The molecule has 0 heterocycles. The number of rotatable bonds is 5. The van der Waals surface area contributed by atoms with E-state index in [1.165, 1.54) is 19.3 Å². The molecule has 0 aliphatic heterocycles. The van der Waals surface area contributed by atoms with E-state index < -0.39 is 0 Å². The van der Waals surface area contributed by atoms with Gasteiger partial charge in [0.05, 0.1) is 0 Å². The molecule has 1 aromatic rings. The lowest BCUT2D eigenvalue weighted by Crippen LogP contribution is -2.28. The Hall–Kier alpha value is -1.31. The van der Waals surface area contributed by atoms with Gasteiger partial charge in [0.15, 0.2) is 0 Å². The Morgan fingerprint density at radius 1 is 1.24 bits per heavy atom. The molecule has 0 N–H and O–H groups in total. The molecule has 2 atom stereocenters. The first kappa shape index (κ1) is 12.2. The van der Waals surface area contributed by atoms with Crippen LogP contribution in [0.4, 0.5) is 0 Å². The highest BCUT2D eigenvalue weighted by molar-refractivity contribution is 5.69. The standard InChI is InChI=1S/C15H20O2/c1-2-13-8-9-14(13)10-15(16)17-11-12-6-4-3-5-7-12/h3-7,13-14H,2,8-11H2,1H3. The summed E-state index contributed by atoms with van der Waals surface area (Å²) in [6, 6.07) is 9.84. The van der Waals surface area contributed by atoms with Crippen molar-refractivity contribution in [3.63, 3.8) is 0 Å². The predicted octanol–water partition coefficient (Wildman–Crippen LogP) is 3.56. The van der Waals surface area contributed by atoms with E-state index in [4.69, 9.17) is 4.74 Å². The molecule has 2 heteroatoms. The average Bonchev–Trinajstić information content (AvgIpc) is 2.34. The maximum absolute atomic E-state index is 11.7. The molecule has 0 saturated heterocycles. The van der Waals surface area contributed by atoms with Crippen molar-refractivity contribution in [1.29, 1.82) is 0 Å². The fourth-order valence-electron chi connectivity index (χ4n) is 2.46. The lowest BCUT2D eigenvalue weighted by Gasteiger charge is -2.35. The lowest BCUT2D eigenvalue weighted by atomic mass is 9.71. The smallest absolute Gasteiger partial charge is 0.306 e. The maximum Gasteiger partial charge on any atom is 0.306 e. The molecule has 2 unspecified atom stereocenters. The Labute approximate surface area is 103 Å². The van der Waals surface area contributed by atoms with Crippen LogP contribution in [-0.2, 0) is 16.1 Å². The summed E-state index contributed by atoms with van der Waals surface area (Å²) in [6.07, 6.45) is 4.27. The summed E-state index contributed by atoms with van der Waals surface area (Å²) in [5.41, 5.74) is 1.06. The van der Waals surface area contributed by atoms with Crippen LogP contribution in [0, 0.1) is 11.8 Å². The number of carbonyl (C=O) groups is 1. The van der Waals surface area contributed by atoms with Gasteiger partial charge in [-0.25, -0.2) is 0 Å². The Morgan fingerprint density at radius 2 is 1.94 bits per heavy atom. The molecule has 0 bridgehead atoms. The third-order valence-corrected chi connectivity index (χ3v) is 3.77. The van der Waals surface area contributed by atoms with Crippen LogP contribution in [0.3, 0.4) is 0 Å². The number of hydrogen-bond donors (Lipinski definition) is 0. The summed E-state index contributed by atoms with van der Waals surface area (Å²) >= 11 is 0. The molecule has 2 rings (SSSR count). The largest absolute Gasteiger partial charge is 0.461 e. The van der Waals surface area contributed by atoms with E-state index in [1.807, 2.05) is 30.3 Å². The molecule has 1 aliphatic carbocycles. The van der Waals surface area contributed by atoms with Gasteiger partial charge in [0.25, 0.3) is 0 Å². The topological polar surface area (TPSA) is 26.3 Å². The van der Waals surface area contributed by atoms with Gasteiger partial charge in [-0.3, -0.25) is 4.79 Å². The van der Waals surface area contributed by atoms with Crippen molar-refractivity contribution in [3.8, 4) is 0 Å². The van der Waals surface area contributed by atoms with E-state index in [0.717, 1.165) is 11.5 Å². The number of ether oxygens (including phenoxy) is 1. The van der Waals surface area contributed by atoms with Gasteiger partial charge in [-0.15, -0.1) is 0 Å². The lowest BCUT2D eigenvalue weighted by molar-refractivity contribution is -0.147. The van der Waals surface area contributed by atoms with Crippen LogP contribution in [0.25, 0.3) is 0 Å². The molecule has 1 aromatic carbocycles. The first-order valence-corrected chi connectivity index (χ1v) is 6.49. The van der Waals surface area contributed by atoms with Crippen molar-refractivity contribution in [2.75, 3.05) is 0 Å². The monoisotopic (exact) mass is 232 g/mol. The fourth-order valence-corrected chi connectivity index (χ4v) is 2.46. The highest BCUT2D eigenvalue weighted by atomic mass is 16.5. The van der Waals surface area contributed by atoms with Gasteiger partial charge in [0, 0.05) is 6.42 Å². The zero-order valence-electron chi connectivity index (χ0n) is 10.4. The summed E-state index contributed by atoms with van der Waals surface area (Å²) in [5, 5.41) is 0. The van der Waals surface area contributed by atoms with Crippen LogP contribution in [0.2, 0.25) is 0 Å². The normalized spacial score (nSPS) is 22.9. The SMILES string of the molecule is CCC1CCC1CC(=O)OCc1ccccc1. The number of esters is 1. The first-order chi connectivity index (χ1) is 8.29. The molecule has 1 fully saturated rings. The molecule has 2 nitrogen and oxygen atoms in total. The van der Waals surface area contributed by atoms with Crippen molar-refractivity contribution in [1.82, 2.24) is 0 Å². The third kappa shape index (κ3) is 3.32. The number of benzene rings is 1. The Morgan fingerprint density at radius 3 is 2.53 bits per heavy atom. The Balaban J connectivity index is 1.71. The van der Waals surface area contributed by atoms with Crippen LogP contribution in [0.15, 0.2) is 30.3 Å². The van der Waals surface area contributed by atoms with Crippen LogP contribution < -0.4 is 0 Å². The Kier molecular flexibility index (Phi) is 4.18. The minimum absolute atomic E-state index is 0.0444. The van der Waals surface area contributed by atoms with E-state index >= 15 is 0 Å². The summed E-state index contributed by atoms with van der Waals surface area (Å²) < 4.78 is 5.29. The quantitative estimate of drug-likeness (QED) is 0.726. The average molecular weight is 232 g/mol. The zero-order chi connectivity index (χ0) is 12.1. The van der Waals surface area contributed by atoms with Crippen molar-refractivity contribution in [2.45, 2.75) is 39.2 Å². The van der Waals surface area contributed by atoms with E-state index in [-0.39, 0.29) is 5.97 Å². The van der Waals surface area contributed by atoms with Crippen molar-refractivity contribution < 1.29 is 9.53 Å². The number of hydrogen-bond acceptors (Lipinski definition) is 2. The van der Waals surface area contributed by atoms with Crippen LogP contribution in [0.5, 0.6) is 0 Å². The van der Waals surface area contributed by atoms with E-state index in [2.05, 4.69) is 6.92 Å². The van der Waals surface area contributed by atoms with Crippen molar-refractivity contribution in [3.05, 3.63) is 35.9 Å². The highest BCUT2D eigenvalue weighted by Crippen LogP contribution is 2.38. The molecular weight excluding hydrogens is 212 g/mol. The minimum Gasteiger partial charge on any atom is -0.461 e. The van der Waals surface area contributed by atoms with Gasteiger partial charge >= 0.3 is 5.97 Å². The third-order valence-electron chi connectivity index (χ3n) is 3.77. The Bertz CT molecular complexity index is 356. The molecule has 0 amide bonds. The second-order valence-electron chi connectivity index (χ2n) is 4.86. The maximum atomic E-state index is 11.7. The van der Waals surface area contributed by atoms with Gasteiger partial charge < -0.3 is 4.74 Å². The van der Waals surface area contributed by atoms with E-state index in [1.54, 1.807) is 0 Å². The van der Waals surface area contributed by atoms with E-state index in [9.17, 15) is 4.79 Å². The van der Waals surface area contributed by atoms with Crippen molar-refractivity contribution in [2.24, 2.45) is 11.8 Å². The second-order valence-corrected chi connectivity index (χ2v) is 4.86. The van der Waals surface area contributed by atoms with Crippen molar-refractivity contribution >= 4 is 5.97 Å². The second kappa shape index (κ2) is 5.85. The zero-order valence-corrected chi connectivity index (χ0v) is 10.4. The van der Waals surface area contributed by atoms with Crippen LogP contribution in [0.1, 0.15) is 38.2 Å². The predicted molar refractivity (Wildman–Crippen MR) is 67.4 cm³/mol. The molecule has 0 spiro atoms. The van der Waals surface area contributed by atoms with Gasteiger partial charge in [0.2, 0.25) is 0 Å². The molecular formula is C15H20O2. The van der Waals surface area contributed by atoms with Gasteiger partial charge in [-0.1, -0.05) is 43.7 Å². The highest BCUT2D eigenvalue weighted by Gasteiger charge is 2.31. The van der Waals surface area contributed by atoms with Crippen LogP contribution >= 0.6 is 0 Å². The molecule has 17 heavy (non-hydrogen) atoms. The fraction of sp³-hybridized carbons (Fsp3) is 0.533. The summed E-state index contributed by atoms with van der Waals surface area (Å²) in [4.78, 5) is 11.7. The molecule has 1 aliphatic rings. The summed E-state index contributed by atoms with van der Waals surface area (Å²) in [7, 11) is 0. The summed E-state index contributed by atoms with van der Waals surface area (Å²) in [6.45, 7) is 2.61. The van der Waals surface area contributed by atoms with E-state index in [0.29, 0.717) is 18.9 Å². The molecule has 0 radical (unpaired) electrons. The molecule has 1 saturated carbocycles. The number of carbonyl (C=O) groups excluding carboxylic acids is 1. The molecule has 0 aromatic heterocycles. The summed E-state index contributed by atoms with van der Waals surface area (Å²) in [5.74, 6) is 1.28. The van der Waals surface area contributed by atoms with Gasteiger partial charge in [-0.05, 0) is 30.2 Å². The minimum atomic E-state index is -0.0444.